The maximum Gasteiger partial charge on any atom is 0.258 e. The van der Waals surface area contributed by atoms with Gasteiger partial charge in [-0.15, -0.1) is 0 Å². The van der Waals surface area contributed by atoms with E-state index in [1.807, 2.05) is 49.1 Å². The van der Waals surface area contributed by atoms with Crippen molar-refractivity contribution in [2.75, 3.05) is 6.54 Å². The fraction of sp³-hybridized carbons (Fsp3) is 0.250. The number of nitrogens with zero attached hydrogens (tertiary/aromatic N) is 2. The Morgan fingerprint density at radius 2 is 1.88 bits per heavy atom. The Hall–Kier alpha value is -2.75. The Bertz CT molecular complexity index is 876. The second kappa shape index (κ2) is 5.71. The predicted octanol–water partition coefficient (Wildman–Crippen LogP) is 3.94. The first kappa shape index (κ1) is 14.8. The lowest BCUT2D eigenvalue weighted by molar-refractivity contribution is 0.0662. The summed E-state index contributed by atoms with van der Waals surface area (Å²) in [6, 6.07) is 16.1. The van der Waals surface area contributed by atoms with E-state index in [1.54, 1.807) is 0 Å². The highest BCUT2D eigenvalue weighted by Crippen LogP contribution is 2.34. The van der Waals surface area contributed by atoms with Crippen LogP contribution in [-0.4, -0.2) is 21.9 Å². The fourth-order valence-corrected chi connectivity index (χ4v) is 3.59. The molecule has 1 aromatic carbocycles. The van der Waals surface area contributed by atoms with Crippen LogP contribution < -0.4 is 0 Å². The number of carbonyl (C=O) groups excluding carboxylic acids is 1. The highest BCUT2D eigenvalue weighted by atomic mass is 16.3. The van der Waals surface area contributed by atoms with E-state index in [-0.39, 0.29) is 11.9 Å². The molecule has 2 aromatic heterocycles. The number of carbonyl (C=O) groups is 1. The second-order valence-corrected chi connectivity index (χ2v) is 6.27. The van der Waals surface area contributed by atoms with Crippen molar-refractivity contribution in [3.05, 3.63) is 83.1 Å². The number of furan rings is 1. The Kier molecular flexibility index (Phi) is 3.53. The molecule has 0 saturated carbocycles. The zero-order chi connectivity index (χ0) is 16.7. The van der Waals surface area contributed by atoms with Crippen molar-refractivity contribution in [3.63, 3.8) is 0 Å². The summed E-state index contributed by atoms with van der Waals surface area (Å²) >= 11 is 0. The zero-order valence-electron chi connectivity index (χ0n) is 13.9. The van der Waals surface area contributed by atoms with Crippen molar-refractivity contribution in [1.82, 2.24) is 9.47 Å². The van der Waals surface area contributed by atoms with Gasteiger partial charge in [0.25, 0.3) is 5.91 Å². The number of aryl methyl sites for hydroxylation is 2. The van der Waals surface area contributed by atoms with Gasteiger partial charge in [0.1, 0.15) is 11.5 Å². The third-order valence-corrected chi connectivity index (χ3v) is 4.69. The van der Waals surface area contributed by atoms with Crippen LogP contribution >= 0.6 is 0 Å². The van der Waals surface area contributed by atoms with Gasteiger partial charge in [0, 0.05) is 25.0 Å². The van der Waals surface area contributed by atoms with Crippen LogP contribution in [-0.2, 0) is 6.54 Å². The van der Waals surface area contributed by atoms with Gasteiger partial charge >= 0.3 is 0 Å². The third kappa shape index (κ3) is 2.35. The van der Waals surface area contributed by atoms with Crippen molar-refractivity contribution in [2.45, 2.75) is 26.4 Å². The molecule has 4 rings (SSSR count). The molecule has 3 aromatic rings. The molecule has 3 heterocycles. The minimum atomic E-state index is -0.0722. The van der Waals surface area contributed by atoms with Gasteiger partial charge in [-0.3, -0.25) is 4.79 Å². The van der Waals surface area contributed by atoms with Crippen LogP contribution in [0.3, 0.4) is 0 Å². The zero-order valence-corrected chi connectivity index (χ0v) is 13.9. The molecule has 4 nitrogen and oxygen atoms in total. The first-order chi connectivity index (χ1) is 11.6. The molecule has 0 bridgehead atoms. The van der Waals surface area contributed by atoms with Crippen LogP contribution in [0.1, 0.15) is 39.2 Å². The van der Waals surface area contributed by atoms with Gasteiger partial charge in [-0.2, -0.15) is 0 Å². The maximum atomic E-state index is 13.2. The second-order valence-electron chi connectivity index (χ2n) is 6.27. The maximum absolute atomic E-state index is 13.2. The number of amides is 1. The van der Waals surface area contributed by atoms with E-state index >= 15 is 0 Å². The van der Waals surface area contributed by atoms with Crippen molar-refractivity contribution in [1.29, 1.82) is 0 Å². The molecule has 1 aliphatic rings. The van der Waals surface area contributed by atoms with Crippen molar-refractivity contribution < 1.29 is 9.21 Å². The molecule has 24 heavy (non-hydrogen) atoms. The van der Waals surface area contributed by atoms with Crippen molar-refractivity contribution in [2.24, 2.45) is 0 Å². The van der Waals surface area contributed by atoms with Crippen LogP contribution in [0.2, 0.25) is 0 Å². The largest absolute Gasteiger partial charge is 0.466 e. The Labute approximate surface area is 141 Å². The molecule has 1 unspecified atom stereocenters. The van der Waals surface area contributed by atoms with Crippen LogP contribution in [0, 0.1) is 13.8 Å². The first-order valence-corrected chi connectivity index (χ1v) is 8.23. The summed E-state index contributed by atoms with van der Waals surface area (Å²) in [5, 5.41) is 0. The smallest absolute Gasteiger partial charge is 0.258 e. The Balaban J connectivity index is 1.79. The summed E-state index contributed by atoms with van der Waals surface area (Å²) in [5.41, 5.74) is 2.94. The molecular weight excluding hydrogens is 300 g/mol. The first-order valence-electron chi connectivity index (χ1n) is 8.23. The normalized spacial score (nSPS) is 16.9. The van der Waals surface area contributed by atoms with Gasteiger partial charge in [-0.05, 0) is 37.6 Å². The minimum absolute atomic E-state index is 0.0330. The Morgan fingerprint density at radius 1 is 1.08 bits per heavy atom. The standard InChI is InChI=1S/C20H20N2O2/c1-14-13-17(15(2)24-14)20(23)22-12-11-21-10-6-9-18(21)19(22)16-7-4-3-5-8-16/h3-10,13,19H,11-12H2,1-2H3. The number of fused-ring (bicyclic) bond motifs is 1. The highest BCUT2D eigenvalue weighted by Gasteiger charge is 2.33. The number of hydrogen-bond donors (Lipinski definition) is 0. The van der Waals surface area contributed by atoms with E-state index in [0.29, 0.717) is 17.9 Å². The van der Waals surface area contributed by atoms with Crippen molar-refractivity contribution >= 4 is 5.91 Å². The number of benzene rings is 1. The summed E-state index contributed by atoms with van der Waals surface area (Å²) in [5.74, 6) is 1.49. The van der Waals surface area contributed by atoms with E-state index in [9.17, 15) is 4.79 Å². The summed E-state index contributed by atoms with van der Waals surface area (Å²) in [6.07, 6.45) is 2.08. The third-order valence-electron chi connectivity index (χ3n) is 4.69. The van der Waals surface area contributed by atoms with Gasteiger partial charge in [-0.1, -0.05) is 30.3 Å². The molecule has 0 saturated heterocycles. The quantitative estimate of drug-likeness (QED) is 0.717. The van der Waals surface area contributed by atoms with Crippen LogP contribution in [0.5, 0.6) is 0 Å². The predicted molar refractivity (Wildman–Crippen MR) is 91.9 cm³/mol. The van der Waals surface area contributed by atoms with Crippen LogP contribution in [0.15, 0.2) is 59.1 Å². The van der Waals surface area contributed by atoms with E-state index in [4.69, 9.17) is 4.42 Å². The highest BCUT2D eigenvalue weighted by molar-refractivity contribution is 5.96. The molecule has 0 N–H and O–H groups in total. The summed E-state index contributed by atoms with van der Waals surface area (Å²) in [4.78, 5) is 15.2. The number of rotatable bonds is 2. The SMILES string of the molecule is Cc1cc(C(=O)N2CCn3cccc3C2c2ccccc2)c(C)o1. The number of aromatic nitrogens is 1. The Morgan fingerprint density at radius 3 is 2.58 bits per heavy atom. The fourth-order valence-electron chi connectivity index (χ4n) is 3.59. The van der Waals surface area contributed by atoms with Crippen LogP contribution in [0.4, 0.5) is 0 Å². The molecular formula is C20H20N2O2. The lowest BCUT2D eigenvalue weighted by atomic mass is 9.99. The van der Waals surface area contributed by atoms with Gasteiger partial charge in [0.15, 0.2) is 0 Å². The summed E-state index contributed by atoms with van der Waals surface area (Å²) < 4.78 is 7.80. The molecule has 0 fully saturated rings. The van der Waals surface area contributed by atoms with E-state index in [0.717, 1.165) is 23.6 Å². The van der Waals surface area contributed by atoms with E-state index < -0.39 is 0 Å². The van der Waals surface area contributed by atoms with Gasteiger partial charge in [-0.25, -0.2) is 0 Å². The van der Waals surface area contributed by atoms with Gasteiger partial charge < -0.3 is 13.9 Å². The summed E-state index contributed by atoms with van der Waals surface area (Å²) in [7, 11) is 0. The molecule has 1 amide bonds. The lowest BCUT2D eigenvalue weighted by Gasteiger charge is -2.37. The van der Waals surface area contributed by atoms with Crippen LogP contribution in [0.25, 0.3) is 0 Å². The average Bonchev–Trinajstić information content (AvgIpc) is 3.19. The van der Waals surface area contributed by atoms with Gasteiger partial charge in [0.05, 0.1) is 11.6 Å². The van der Waals surface area contributed by atoms with E-state index in [1.165, 1.54) is 0 Å². The average molecular weight is 320 g/mol. The monoisotopic (exact) mass is 320 g/mol. The van der Waals surface area contributed by atoms with E-state index in [2.05, 4.69) is 29.0 Å². The molecule has 1 aliphatic heterocycles. The molecule has 122 valence electrons. The molecule has 0 spiro atoms. The van der Waals surface area contributed by atoms with Crippen molar-refractivity contribution in [3.8, 4) is 0 Å². The topological polar surface area (TPSA) is 38.4 Å². The minimum Gasteiger partial charge on any atom is -0.466 e. The number of hydrogen-bond acceptors (Lipinski definition) is 2. The van der Waals surface area contributed by atoms with Gasteiger partial charge in [0.2, 0.25) is 0 Å². The molecule has 1 atom stereocenters. The molecule has 0 radical (unpaired) electrons. The molecule has 4 heteroatoms. The molecule has 0 aliphatic carbocycles. The lowest BCUT2D eigenvalue weighted by Crippen LogP contribution is -2.42. The summed E-state index contributed by atoms with van der Waals surface area (Å²) in [6.45, 7) is 5.22.